The number of aryl methyl sites for hydroxylation is 1. The molecule has 20 heavy (non-hydrogen) atoms. The molecule has 1 fully saturated rings. The van der Waals surface area contributed by atoms with Gasteiger partial charge in [0, 0.05) is 6.04 Å². The first-order valence-electron chi connectivity index (χ1n) is 6.50. The van der Waals surface area contributed by atoms with Crippen molar-refractivity contribution in [3.05, 3.63) is 35.4 Å². The highest BCUT2D eigenvalue weighted by molar-refractivity contribution is 6.35. The number of benzene rings is 1. The molecule has 6 heteroatoms. The van der Waals surface area contributed by atoms with E-state index >= 15 is 0 Å². The van der Waals surface area contributed by atoms with E-state index in [1.54, 1.807) is 0 Å². The van der Waals surface area contributed by atoms with Gasteiger partial charge in [0.1, 0.15) is 0 Å². The van der Waals surface area contributed by atoms with E-state index in [9.17, 15) is 14.4 Å². The largest absolute Gasteiger partial charge is 0.345 e. The van der Waals surface area contributed by atoms with Crippen LogP contribution in [-0.2, 0) is 20.8 Å². The highest BCUT2D eigenvalue weighted by Crippen LogP contribution is 2.18. The van der Waals surface area contributed by atoms with Crippen LogP contribution in [0.15, 0.2) is 24.3 Å². The third-order valence-corrected chi connectivity index (χ3v) is 2.92. The molecule has 0 heterocycles. The number of amides is 3. The molecule has 0 aromatic heterocycles. The van der Waals surface area contributed by atoms with Gasteiger partial charge < -0.3 is 5.32 Å². The Kier molecular flexibility index (Phi) is 4.34. The molecule has 3 amide bonds. The summed E-state index contributed by atoms with van der Waals surface area (Å²) in [5.41, 5.74) is 6.27. The summed E-state index contributed by atoms with van der Waals surface area (Å²) in [4.78, 5) is 34.3. The van der Waals surface area contributed by atoms with Crippen LogP contribution in [0.25, 0.3) is 0 Å². The average molecular weight is 275 g/mol. The molecule has 1 saturated carbocycles. The van der Waals surface area contributed by atoms with E-state index in [1.165, 1.54) is 0 Å². The van der Waals surface area contributed by atoms with Gasteiger partial charge in [-0.15, -0.1) is 0 Å². The number of carbonyl (C=O) groups is 3. The lowest BCUT2D eigenvalue weighted by Crippen LogP contribution is -2.49. The summed E-state index contributed by atoms with van der Waals surface area (Å²) in [6.07, 6.45) is 1.95. The molecule has 2 rings (SSSR count). The Morgan fingerprint density at radius 1 is 1.05 bits per heavy atom. The minimum absolute atomic E-state index is 0.108. The summed E-state index contributed by atoms with van der Waals surface area (Å²) in [7, 11) is 0. The maximum absolute atomic E-state index is 11.6. The minimum atomic E-state index is -0.853. The van der Waals surface area contributed by atoms with Gasteiger partial charge in [-0.05, 0) is 25.3 Å². The third kappa shape index (κ3) is 4.38. The van der Waals surface area contributed by atoms with E-state index < -0.39 is 11.8 Å². The summed E-state index contributed by atoms with van der Waals surface area (Å²) < 4.78 is 0. The molecule has 6 nitrogen and oxygen atoms in total. The fourth-order valence-corrected chi connectivity index (χ4v) is 1.60. The van der Waals surface area contributed by atoms with Crippen molar-refractivity contribution >= 4 is 17.7 Å². The zero-order valence-corrected chi connectivity index (χ0v) is 11.2. The Morgan fingerprint density at radius 3 is 2.30 bits per heavy atom. The zero-order chi connectivity index (χ0) is 14.5. The lowest BCUT2D eigenvalue weighted by molar-refractivity contribution is -0.140. The second kappa shape index (κ2) is 6.18. The molecule has 0 bridgehead atoms. The van der Waals surface area contributed by atoms with E-state index in [2.05, 4.69) is 16.2 Å². The molecule has 0 aliphatic heterocycles. The highest BCUT2D eigenvalue weighted by Gasteiger charge is 2.26. The first kappa shape index (κ1) is 14.0. The molecule has 0 spiro atoms. The van der Waals surface area contributed by atoms with Gasteiger partial charge in [0.05, 0.1) is 6.42 Å². The van der Waals surface area contributed by atoms with E-state index in [1.807, 2.05) is 31.2 Å². The normalized spacial score (nSPS) is 13.4. The topological polar surface area (TPSA) is 87.3 Å². The Balaban J connectivity index is 1.72. The highest BCUT2D eigenvalue weighted by atomic mass is 16.2. The number of rotatable bonds is 3. The van der Waals surface area contributed by atoms with Gasteiger partial charge >= 0.3 is 11.8 Å². The van der Waals surface area contributed by atoms with Crippen LogP contribution < -0.4 is 16.2 Å². The monoisotopic (exact) mass is 275 g/mol. The van der Waals surface area contributed by atoms with Crippen molar-refractivity contribution in [1.82, 2.24) is 16.2 Å². The SMILES string of the molecule is Cc1ccc(CC(=O)NNC(=O)C(=O)NC2CC2)cc1. The molecule has 0 radical (unpaired) electrons. The Bertz CT molecular complexity index is 521. The fourth-order valence-electron chi connectivity index (χ4n) is 1.60. The molecular weight excluding hydrogens is 258 g/mol. The molecule has 0 atom stereocenters. The number of carbonyl (C=O) groups excluding carboxylic acids is 3. The molecular formula is C14H17N3O3. The summed E-state index contributed by atoms with van der Waals surface area (Å²) in [5, 5.41) is 2.53. The van der Waals surface area contributed by atoms with Crippen LogP contribution in [0.4, 0.5) is 0 Å². The maximum atomic E-state index is 11.6. The first-order valence-corrected chi connectivity index (χ1v) is 6.50. The summed E-state index contributed by atoms with van der Waals surface area (Å²) in [5.74, 6) is -1.95. The Labute approximate surface area is 116 Å². The van der Waals surface area contributed by atoms with Crippen molar-refractivity contribution in [2.24, 2.45) is 0 Å². The second-order valence-corrected chi connectivity index (χ2v) is 4.91. The molecule has 1 aliphatic carbocycles. The van der Waals surface area contributed by atoms with E-state index in [0.717, 1.165) is 24.0 Å². The van der Waals surface area contributed by atoms with Gasteiger partial charge in [0.15, 0.2) is 0 Å². The van der Waals surface area contributed by atoms with Crippen LogP contribution in [0, 0.1) is 6.92 Å². The average Bonchev–Trinajstić information content (AvgIpc) is 3.22. The third-order valence-electron chi connectivity index (χ3n) is 2.92. The Hall–Kier alpha value is -2.37. The van der Waals surface area contributed by atoms with Crippen molar-refractivity contribution in [2.45, 2.75) is 32.2 Å². The minimum Gasteiger partial charge on any atom is -0.345 e. The lowest BCUT2D eigenvalue weighted by Gasteiger charge is -2.07. The van der Waals surface area contributed by atoms with Crippen molar-refractivity contribution in [1.29, 1.82) is 0 Å². The summed E-state index contributed by atoms with van der Waals surface area (Å²) in [6.45, 7) is 1.96. The van der Waals surface area contributed by atoms with Gasteiger partial charge in [-0.25, -0.2) is 0 Å². The van der Waals surface area contributed by atoms with Crippen LogP contribution in [0.3, 0.4) is 0 Å². The molecule has 0 unspecified atom stereocenters. The first-order chi connectivity index (χ1) is 9.54. The van der Waals surface area contributed by atoms with Crippen molar-refractivity contribution in [2.75, 3.05) is 0 Å². The van der Waals surface area contributed by atoms with Crippen LogP contribution >= 0.6 is 0 Å². The number of hydrazine groups is 1. The lowest BCUT2D eigenvalue weighted by atomic mass is 10.1. The maximum Gasteiger partial charge on any atom is 0.327 e. The van der Waals surface area contributed by atoms with E-state index in [0.29, 0.717) is 0 Å². The second-order valence-electron chi connectivity index (χ2n) is 4.91. The predicted octanol–water partition coefficient (Wildman–Crippen LogP) is -0.0365. The van der Waals surface area contributed by atoms with Gasteiger partial charge in [-0.3, -0.25) is 25.2 Å². The van der Waals surface area contributed by atoms with Crippen LogP contribution in [0.5, 0.6) is 0 Å². The fraction of sp³-hybridized carbons (Fsp3) is 0.357. The van der Waals surface area contributed by atoms with Gasteiger partial charge in [0.25, 0.3) is 0 Å². The van der Waals surface area contributed by atoms with Crippen LogP contribution in [0.1, 0.15) is 24.0 Å². The van der Waals surface area contributed by atoms with Gasteiger partial charge in [-0.2, -0.15) is 0 Å². The van der Waals surface area contributed by atoms with Crippen molar-refractivity contribution in [3.8, 4) is 0 Å². The molecule has 1 aliphatic rings. The number of hydrogen-bond donors (Lipinski definition) is 3. The number of nitrogens with one attached hydrogen (secondary N) is 3. The molecule has 106 valence electrons. The van der Waals surface area contributed by atoms with Crippen molar-refractivity contribution < 1.29 is 14.4 Å². The molecule has 1 aromatic rings. The van der Waals surface area contributed by atoms with E-state index in [-0.39, 0.29) is 18.4 Å². The smallest absolute Gasteiger partial charge is 0.327 e. The standard InChI is InChI=1S/C14H17N3O3/c1-9-2-4-10(5-3-9)8-12(18)16-17-14(20)13(19)15-11-6-7-11/h2-5,11H,6-8H2,1H3,(H,15,19)(H,16,18)(H,17,20). The van der Waals surface area contributed by atoms with Crippen LogP contribution in [-0.4, -0.2) is 23.8 Å². The van der Waals surface area contributed by atoms with Crippen molar-refractivity contribution in [3.63, 3.8) is 0 Å². The van der Waals surface area contributed by atoms with E-state index in [4.69, 9.17) is 0 Å². The van der Waals surface area contributed by atoms with Gasteiger partial charge in [0.2, 0.25) is 5.91 Å². The quantitative estimate of drug-likeness (QED) is 0.534. The van der Waals surface area contributed by atoms with Gasteiger partial charge in [-0.1, -0.05) is 29.8 Å². The Morgan fingerprint density at radius 2 is 1.70 bits per heavy atom. The number of hydrogen-bond acceptors (Lipinski definition) is 3. The summed E-state index contributed by atoms with van der Waals surface area (Å²) >= 11 is 0. The molecule has 1 aromatic carbocycles. The predicted molar refractivity (Wildman–Crippen MR) is 72.3 cm³/mol. The van der Waals surface area contributed by atoms with Crippen LogP contribution in [0.2, 0.25) is 0 Å². The zero-order valence-electron chi connectivity index (χ0n) is 11.2. The summed E-state index contributed by atoms with van der Waals surface area (Å²) in [6, 6.07) is 7.61. The molecule has 0 saturated heterocycles. The molecule has 3 N–H and O–H groups in total.